The Bertz CT molecular complexity index is 467. The van der Waals surface area contributed by atoms with Crippen molar-refractivity contribution in [2.45, 2.75) is 45.6 Å². The normalized spacial score (nSPS) is 18.5. The SMILES string of the molecule is CCC(C(=O)c1ccc(C(C)(C)C)cc1)N1CCNCC1. The van der Waals surface area contributed by atoms with Gasteiger partial charge in [-0.05, 0) is 17.4 Å². The second-order valence-corrected chi connectivity index (χ2v) is 6.90. The summed E-state index contributed by atoms with van der Waals surface area (Å²) in [7, 11) is 0. The molecule has 0 saturated carbocycles. The van der Waals surface area contributed by atoms with E-state index < -0.39 is 0 Å². The van der Waals surface area contributed by atoms with Gasteiger partial charge in [-0.3, -0.25) is 9.69 Å². The summed E-state index contributed by atoms with van der Waals surface area (Å²) >= 11 is 0. The minimum Gasteiger partial charge on any atom is -0.314 e. The highest BCUT2D eigenvalue weighted by Gasteiger charge is 2.26. The first-order chi connectivity index (χ1) is 9.93. The molecule has 1 aliphatic heterocycles. The molecule has 0 radical (unpaired) electrons. The molecule has 1 aliphatic rings. The summed E-state index contributed by atoms with van der Waals surface area (Å²) in [6.45, 7) is 12.6. The second-order valence-electron chi connectivity index (χ2n) is 6.90. The van der Waals surface area contributed by atoms with Crippen LogP contribution in [0.2, 0.25) is 0 Å². The number of carbonyl (C=O) groups excluding carboxylic acids is 1. The summed E-state index contributed by atoms with van der Waals surface area (Å²) in [5, 5.41) is 3.34. The lowest BCUT2D eigenvalue weighted by Gasteiger charge is -2.33. The van der Waals surface area contributed by atoms with E-state index in [4.69, 9.17) is 0 Å². The Morgan fingerprint density at radius 3 is 2.24 bits per heavy atom. The number of nitrogens with one attached hydrogen (secondary N) is 1. The zero-order valence-electron chi connectivity index (χ0n) is 13.8. The van der Waals surface area contributed by atoms with Gasteiger partial charge < -0.3 is 5.32 Å². The molecule has 0 bridgehead atoms. The number of carbonyl (C=O) groups is 1. The van der Waals surface area contributed by atoms with Crippen LogP contribution in [0, 0.1) is 0 Å². The van der Waals surface area contributed by atoms with Crippen molar-refractivity contribution in [3.63, 3.8) is 0 Å². The molecule has 1 unspecified atom stereocenters. The van der Waals surface area contributed by atoms with Crippen LogP contribution in [0.25, 0.3) is 0 Å². The van der Waals surface area contributed by atoms with E-state index in [1.807, 2.05) is 12.1 Å². The van der Waals surface area contributed by atoms with Gasteiger partial charge in [0.25, 0.3) is 0 Å². The lowest BCUT2D eigenvalue weighted by molar-refractivity contribution is 0.0790. The highest BCUT2D eigenvalue weighted by molar-refractivity contribution is 6.00. The van der Waals surface area contributed by atoms with E-state index in [-0.39, 0.29) is 17.2 Å². The van der Waals surface area contributed by atoms with Gasteiger partial charge in [0.1, 0.15) is 0 Å². The third-order valence-electron chi connectivity index (χ3n) is 4.32. The van der Waals surface area contributed by atoms with E-state index >= 15 is 0 Å². The predicted octanol–water partition coefficient (Wildman–Crippen LogP) is 2.85. The average Bonchev–Trinajstić information content (AvgIpc) is 2.48. The first-order valence-corrected chi connectivity index (χ1v) is 8.03. The first-order valence-electron chi connectivity index (χ1n) is 8.03. The average molecular weight is 288 g/mol. The molecular weight excluding hydrogens is 260 g/mol. The molecule has 2 rings (SSSR count). The van der Waals surface area contributed by atoms with Crippen LogP contribution in [0.1, 0.15) is 50.0 Å². The summed E-state index contributed by atoms with van der Waals surface area (Å²) in [6.07, 6.45) is 0.875. The summed E-state index contributed by atoms with van der Waals surface area (Å²) < 4.78 is 0. The Kier molecular flexibility index (Phi) is 5.17. The largest absolute Gasteiger partial charge is 0.314 e. The molecule has 1 aromatic carbocycles. The van der Waals surface area contributed by atoms with E-state index in [2.05, 4.69) is 50.0 Å². The minimum atomic E-state index is 0.0209. The van der Waals surface area contributed by atoms with Crippen LogP contribution in [0.3, 0.4) is 0 Å². The topological polar surface area (TPSA) is 32.3 Å². The van der Waals surface area contributed by atoms with E-state index in [1.54, 1.807) is 0 Å². The zero-order chi connectivity index (χ0) is 15.5. The number of piperazine rings is 1. The maximum Gasteiger partial charge on any atom is 0.179 e. The van der Waals surface area contributed by atoms with Gasteiger partial charge in [0.15, 0.2) is 5.78 Å². The highest BCUT2D eigenvalue weighted by atomic mass is 16.1. The molecule has 1 fully saturated rings. The van der Waals surface area contributed by atoms with E-state index in [0.29, 0.717) is 0 Å². The van der Waals surface area contributed by atoms with Crippen LogP contribution in [0.15, 0.2) is 24.3 Å². The molecule has 0 aromatic heterocycles. The Labute approximate surface area is 128 Å². The molecule has 116 valence electrons. The van der Waals surface area contributed by atoms with Crippen molar-refractivity contribution in [3.8, 4) is 0 Å². The molecule has 3 heteroatoms. The molecule has 0 aliphatic carbocycles. The lowest BCUT2D eigenvalue weighted by atomic mass is 9.86. The van der Waals surface area contributed by atoms with Crippen molar-refractivity contribution < 1.29 is 4.79 Å². The number of Topliss-reactive ketones (excluding diaryl/α,β-unsaturated/α-hetero) is 1. The van der Waals surface area contributed by atoms with Gasteiger partial charge in [0, 0.05) is 31.7 Å². The fourth-order valence-corrected chi connectivity index (χ4v) is 2.93. The fraction of sp³-hybridized carbons (Fsp3) is 0.611. The van der Waals surface area contributed by atoms with Gasteiger partial charge >= 0.3 is 0 Å². The molecule has 3 nitrogen and oxygen atoms in total. The monoisotopic (exact) mass is 288 g/mol. The van der Waals surface area contributed by atoms with Crippen LogP contribution in [0.4, 0.5) is 0 Å². The zero-order valence-corrected chi connectivity index (χ0v) is 13.8. The molecular formula is C18H28N2O. The summed E-state index contributed by atoms with van der Waals surface area (Å²) in [4.78, 5) is 15.1. The highest BCUT2D eigenvalue weighted by Crippen LogP contribution is 2.23. The van der Waals surface area contributed by atoms with Crippen LogP contribution < -0.4 is 5.32 Å². The fourth-order valence-electron chi connectivity index (χ4n) is 2.93. The van der Waals surface area contributed by atoms with Crippen molar-refractivity contribution >= 4 is 5.78 Å². The van der Waals surface area contributed by atoms with Gasteiger partial charge in [0.2, 0.25) is 0 Å². The number of hydrogen-bond acceptors (Lipinski definition) is 3. The molecule has 1 aromatic rings. The molecule has 1 heterocycles. The quantitative estimate of drug-likeness (QED) is 0.865. The van der Waals surface area contributed by atoms with Gasteiger partial charge in [-0.1, -0.05) is 52.0 Å². The minimum absolute atomic E-state index is 0.0209. The van der Waals surface area contributed by atoms with Gasteiger partial charge in [-0.25, -0.2) is 0 Å². The predicted molar refractivity (Wildman–Crippen MR) is 88.0 cm³/mol. The third kappa shape index (κ3) is 3.92. The second kappa shape index (κ2) is 6.71. The van der Waals surface area contributed by atoms with Crippen molar-refractivity contribution in [1.82, 2.24) is 10.2 Å². The summed E-state index contributed by atoms with van der Waals surface area (Å²) in [5.74, 6) is 0.264. The number of benzene rings is 1. The van der Waals surface area contributed by atoms with Gasteiger partial charge in [0.05, 0.1) is 6.04 Å². The van der Waals surface area contributed by atoms with E-state index in [0.717, 1.165) is 38.2 Å². The van der Waals surface area contributed by atoms with Gasteiger partial charge in [-0.2, -0.15) is 0 Å². The first kappa shape index (κ1) is 16.2. The Balaban J connectivity index is 2.13. The van der Waals surface area contributed by atoms with Crippen LogP contribution in [-0.4, -0.2) is 42.9 Å². The standard InChI is InChI=1S/C18H28N2O/c1-5-16(20-12-10-19-11-13-20)17(21)14-6-8-15(9-7-14)18(2,3)4/h6-9,16,19H,5,10-13H2,1-4H3. The van der Waals surface area contributed by atoms with Crippen molar-refractivity contribution in [3.05, 3.63) is 35.4 Å². The molecule has 1 N–H and O–H groups in total. The Hall–Kier alpha value is -1.19. The molecule has 1 saturated heterocycles. The molecule has 0 amide bonds. The van der Waals surface area contributed by atoms with Crippen molar-refractivity contribution in [1.29, 1.82) is 0 Å². The maximum absolute atomic E-state index is 12.8. The Morgan fingerprint density at radius 2 is 1.76 bits per heavy atom. The van der Waals surface area contributed by atoms with Crippen LogP contribution in [-0.2, 0) is 5.41 Å². The molecule has 21 heavy (non-hydrogen) atoms. The van der Waals surface area contributed by atoms with E-state index in [9.17, 15) is 4.79 Å². The smallest absolute Gasteiger partial charge is 0.179 e. The number of hydrogen-bond donors (Lipinski definition) is 1. The Morgan fingerprint density at radius 1 is 1.19 bits per heavy atom. The third-order valence-corrected chi connectivity index (χ3v) is 4.32. The van der Waals surface area contributed by atoms with E-state index in [1.165, 1.54) is 5.56 Å². The maximum atomic E-state index is 12.8. The molecule has 0 spiro atoms. The molecule has 1 atom stereocenters. The van der Waals surface area contributed by atoms with Crippen molar-refractivity contribution in [2.24, 2.45) is 0 Å². The van der Waals surface area contributed by atoms with Crippen molar-refractivity contribution in [2.75, 3.05) is 26.2 Å². The number of ketones is 1. The van der Waals surface area contributed by atoms with Gasteiger partial charge in [-0.15, -0.1) is 0 Å². The summed E-state index contributed by atoms with van der Waals surface area (Å²) in [6, 6.07) is 8.20. The van der Waals surface area contributed by atoms with Crippen LogP contribution >= 0.6 is 0 Å². The number of nitrogens with zero attached hydrogens (tertiary/aromatic N) is 1. The lowest BCUT2D eigenvalue weighted by Crippen LogP contribution is -2.51. The van der Waals surface area contributed by atoms with Crippen LogP contribution in [0.5, 0.6) is 0 Å². The summed E-state index contributed by atoms with van der Waals surface area (Å²) in [5.41, 5.74) is 2.24. The number of rotatable bonds is 4.